The Morgan fingerprint density at radius 2 is 1.07 bits per heavy atom. The molecule has 3 rings (SSSR count). The van der Waals surface area contributed by atoms with Gasteiger partial charge in [-0.05, 0) is 47.5 Å². The summed E-state index contributed by atoms with van der Waals surface area (Å²) in [5.74, 6) is -0.240. The molecule has 3 aromatic carbocycles. The molecule has 3 nitrogen and oxygen atoms in total. The van der Waals surface area contributed by atoms with Crippen LogP contribution in [0.1, 0.15) is 27.4 Å². The second kappa shape index (κ2) is 8.61. The summed E-state index contributed by atoms with van der Waals surface area (Å²) in [7, 11) is 8.05. The second-order valence-electron chi connectivity index (χ2n) is 7.28. The van der Waals surface area contributed by atoms with E-state index in [2.05, 4.69) is 74.3 Å². The molecule has 0 aliphatic rings. The fourth-order valence-corrected chi connectivity index (χ4v) is 3.47. The lowest BCUT2D eigenvalue weighted by molar-refractivity contribution is 0.0974. The number of carbonyl (C=O) groups is 1. The number of anilines is 2. The van der Waals surface area contributed by atoms with E-state index >= 15 is 0 Å². The summed E-state index contributed by atoms with van der Waals surface area (Å²) in [5.41, 5.74) is 4.93. The fourth-order valence-electron chi connectivity index (χ4n) is 3.21. The van der Waals surface area contributed by atoms with Crippen LogP contribution >= 0.6 is 15.9 Å². The summed E-state index contributed by atoms with van der Waals surface area (Å²) in [5, 5.41) is 0. The molecule has 144 valence electrons. The van der Waals surface area contributed by atoms with E-state index in [9.17, 15) is 4.79 Å². The minimum Gasteiger partial charge on any atom is -0.378 e. The molecule has 0 radical (unpaired) electrons. The molecule has 0 aromatic heterocycles. The summed E-state index contributed by atoms with van der Waals surface area (Å²) in [6.07, 6.45) is 0. The Morgan fingerprint density at radius 1 is 0.679 bits per heavy atom. The van der Waals surface area contributed by atoms with Crippen LogP contribution in [0.15, 0.2) is 77.3 Å². The van der Waals surface area contributed by atoms with Crippen molar-refractivity contribution >= 4 is 33.1 Å². The third-order valence-corrected chi connectivity index (χ3v) is 5.41. The van der Waals surface area contributed by atoms with Crippen LogP contribution in [0.3, 0.4) is 0 Å². The van der Waals surface area contributed by atoms with Crippen molar-refractivity contribution in [1.29, 1.82) is 0 Å². The number of ketones is 1. The van der Waals surface area contributed by atoms with Crippen LogP contribution in [-0.2, 0) is 0 Å². The number of hydrogen-bond acceptors (Lipinski definition) is 3. The van der Waals surface area contributed by atoms with Crippen molar-refractivity contribution in [2.75, 3.05) is 38.0 Å². The van der Waals surface area contributed by atoms with Crippen molar-refractivity contribution in [2.24, 2.45) is 0 Å². The van der Waals surface area contributed by atoms with Gasteiger partial charge in [0.2, 0.25) is 0 Å². The molecule has 0 atom stereocenters. The first-order valence-electron chi connectivity index (χ1n) is 9.21. The van der Waals surface area contributed by atoms with Gasteiger partial charge in [-0.3, -0.25) is 4.79 Å². The van der Waals surface area contributed by atoms with Gasteiger partial charge in [0.05, 0.1) is 5.92 Å². The fraction of sp³-hybridized carbons (Fsp3) is 0.208. The zero-order valence-electron chi connectivity index (χ0n) is 16.7. The highest BCUT2D eigenvalue weighted by Gasteiger charge is 2.24. The number of carbonyl (C=O) groups excluding carboxylic acids is 1. The second-order valence-corrected chi connectivity index (χ2v) is 8.19. The smallest absolute Gasteiger partial charge is 0.174 e. The SMILES string of the molecule is CN(C)c1ccc(C(C(=O)c2ccc(Br)cc2)c2ccc(N(C)C)cc2)cc1. The van der Waals surface area contributed by atoms with Crippen LogP contribution in [0.4, 0.5) is 11.4 Å². The number of rotatable bonds is 6. The van der Waals surface area contributed by atoms with Crippen molar-refractivity contribution in [3.63, 3.8) is 0 Å². The predicted octanol–water partition coefficient (Wildman–Crippen LogP) is 5.60. The lowest BCUT2D eigenvalue weighted by atomic mass is 9.84. The van der Waals surface area contributed by atoms with Crippen molar-refractivity contribution in [3.8, 4) is 0 Å². The Morgan fingerprint density at radius 3 is 1.43 bits per heavy atom. The molecule has 0 saturated carbocycles. The molecule has 0 saturated heterocycles. The molecule has 0 spiro atoms. The maximum absolute atomic E-state index is 13.5. The molecule has 0 amide bonds. The molecular formula is C24H25BrN2O. The summed E-state index contributed by atoms with van der Waals surface area (Å²) >= 11 is 3.44. The predicted molar refractivity (Wildman–Crippen MR) is 122 cm³/mol. The Kier molecular flexibility index (Phi) is 6.20. The van der Waals surface area contributed by atoms with Gasteiger partial charge in [-0.1, -0.05) is 52.3 Å². The van der Waals surface area contributed by atoms with Crippen LogP contribution in [0.25, 0.3) is 0 Å². The quantitative estimate of drug-likeness (QED) is 0.470. The van der Waals surface area contributed by atoms with Crippen LogP contribution < -0.4 is 9.80 Å². The normalized spacial score (nSPS) is 10.8. The zero-order valence-corrected chi connectivity index (χ0v) is 18.3. The molecule has 3 aromatic rings. The highest BCUT2D eigenvalue weighted by molar-refractivity contribution is 9.10. The number of Topliss-reactive ketones (excluding diaryl/α,β-unsaturated/α-hetero) is 1. The van der Waals surface area contributed by atoms with Crippen molar-refractivity contribution in [1.82, 2.24) is 0 Å². The average molecular weight is 437 g/mol. The molecule has 0 bridgehead atoms. The van der Waals surface area contributed by atoms with Crippen LogP contribution in [0, 0.1) is 0 Å². The molecule has 0 aliphatic heterocycles. The highest BCUT2D eigenvalue weighted by atomic mass is 79.9. The molecule has 0 N–H and O–H groups in total. The number of nitrogens with zero attached hydrogens (tertiary/aromatic N) is 2. The van der Waals surface area contributed by atoms with E-state index < -0.39 is 0 Å². The topological polar surface area (TPSA) is 23.6 Å². The molecule has 0 fully saturated rings. The summed E-state index contributed by atoms with van der Waals surface area (Å²) in [6, 6.07) is 24.0. The van der Waals surface area contributed by atoms with Crippen molar-refractivity contribution in [3.05, 3.63) is 94.0 Å². The van der Waals surface area contributed by atoms with E-state index in [1.807, 2.05) is 52.5 Å². The van der Waals surface area contributed by atoms with Gasteiger partial charge in [0.1, 0.15) is 0 Å². The zero-order chi connectivity index (χ0) is 20.3. The first-order valence-corrected chi connectivity index (χ1v) is 10.0. The Balaban J connectivity index is 2.04. The standard InChI is InChI=1S/C24H25BrN2O/c1-26(2)21-13-7-17(8-14-21)23(18-9-15-22(16-10-18)27(3)4)24(28)19-5-11-20(25)12-6-19/h5-16,23H,1-4H3. The van der Waals surface area contributed by atoms with Gasteiger partial charge in [-0.25, -0.2) is 0 Å². The van der Waals surface area contributed by atoms with Crippen molar-refractivity contribution < 1.29 is 4.79 Å². The maximum Gasteiger partial charge on any atom is 0.174 e. The van der Waals surface area contributed by atoms with Gasteiger partial charge < -0.3 is 9.80 Å². The third-order valence-electron chi connectivity index (χ3n) is 4.88. The average Bonchev–Trinajstić information content (AvgIpc) is 2.69. The monoisotopic (exact) mass is 436 g/mol. The van der Waals surface area contributed by atoms with Crippen LogP contribution in [0.5, 0.6) is 0 Å². The lowest BCUT2D eigenvalue weighted by Crippen LogP contribution is -2.16. The van der Waals surface area contributed by atoms with Gasteiger partial charge in [0.25, 0.3) is 0 Å². The third kappa shape index (κ3) is 4.45. The van der Waals surface area contributed by atoms with Gasteiger partial charge >= 0.3 is 0 Å². The van der Waals surface area contributed by atoms with Gasteiger partial charge in [-0.15, -0.1) is 0 Å². The Labute approximate surface area is 175 Å². The molecule has 0 aliphatic carbocycles. The van der Waals surface area contributed by atoms with Gasteiger partial charge in [0, 0.05) is 49.6 Å². The summed E-state index contributed by atoms with van der Waals surface area (Å²) in [6.45, 7) is 0. The van der Waals surface area contributed by atoms with E-state index in [0.29, 0.717) is 5.56 Å². The minimum absolute atomic E-state index is 0.0997. The molecule has 0 unspecified atom stereocenters. The first-order chi connectivity index (χ1) is 13.4. The Bertz CT molecular complexity index is 878. The van der Waals surface area contributed by atoms with E-state index in [-0.39, 0.29) is 11.7 Å². The van der Waals surface area contributed by atoms with Gasteiger partial charge in [0.15, 0.2) is 5.78 Å². The first kappa shape index (κ1) is 20.2. The van der Waals surface area contributed by atoms with Gasteiger partial charge in [-0.2, -0.15) is 0 Å². The number of halogens is 1. The summed E-state index contributed by atoms with van der Waals surface area (Å²) in [4.78, 5) is 17.6. The Hall–Kier alpha value is -2.59. The summed E-state index contributed by atoms with van der Waals surface area (Å²) < 4.78 is 0.964. The molecule has 28 heavy (non-hydrogen) atoms. The largest absolute Gasteiger partial charge is 0.378 e. The van der Waals surface area contributed by atoms with Crippen LogP contribution in [-0.4, -0.2) is 34.0 Å². The number of hydrogen-bond donors (Lipinski definition) is 0. The minimum atomic E-state index is -0.339. The van der Waals surface area contributed by atoms with Crippen LogP contribution in [0.2, 0.25) is 0 Å². The highest BCUT2D eigenvalue weighted by Crippen LogP contribution is 2.31. The van der Waals surface area contributed by atoms with E-state index in [4.69, 9.17) is 0 Å². The number of benzene rings is 3. The van der Waals surface area contributed by atoms with E-state index in [1.54, 1.807) is 0 Å². The molecular weight excluding hydrogens is 412 g/mol. The van der Waals surface area contributed by atoms with E-state index in [0.717, 1.165) is 27.0 Å². The lowest BCUT2D eigenvalue weighted by Gasteiger charge is -2.20. The molecule has 0 heterocycles. The van der Waals surface area contributed by atoms with Crippen molar-refractivity contribution in [2.45, 2.75) is 5.92 Å². The molecule has 4 heteroatoms. The van der Waals surface area contributed by atoms with E-state index in [1.165, 1.54) is 0 Å². The maximum atomic E-state index is 13.5.